The summed E-state index contributed by atoms with van der Waals surface area (Å²) in [5.41, 5.74) is 3.77. The summed E-state index contributed by atoms with van der Waals surface area (Å²) in [4.78, 5) is 20.8. The molecule has 6 heteroatoms. The van der Waals surface area contributed by atoms with Crippen molar-refractivity contribution in [2.45, 2.75) is 11.6 Å². The molecule has 0 saturated heterocycles. The molecule has 0 aliphatic heterocycles. The molecule has 3 heterocycles. The number of nitrogens with one attached hydrogen (secondary N) is 1. The number of hydrogen-bond donors (Lipinski definition) is 1. The first-order valence-corrected chi connectivity index (χ1v) is 9.18. The second kappa shape index (κ2) is 7.39. The fourth-order valence-electron chi connectivity index (χ4n) is 2.17. The first-order chi connectivity index (χ1) is 11.3. The lowest BCUT2D eigenvalue weighted by molar-refractivity contribution is 0.0947. The van der Waals surface area contributed by atoms with E-state index in [-0.39, 0.29) is 5.91 Å². The van der Waals surface area contributed by atoms with E-state index >= 15 is 0 Å². The van der Waals surface area contributed by atoms with Gasteiger partial charge in [0, 0.05) is 30.7 Å². The second-order valence-corrected chi connectivity index (χ2v) is 6.41. The van der Waals surface area contributed by atoms with Crippen LogP contribution >= 0.6 is 23.1 Å². The molecule has 3 aromatic heterocycles. The fourth-order valence-corrected chi connectivity index (χ4v) is 3.39. The minimum Gasteiger partial charge on any atom is -0.348 e. The summed E-state index contributed by atoms with van der Waals surface area (Å²) in [7, 11) is 0. The van der Waals surface area contributed by atoms with E-state index in [4.69, 9.17) is 0 Å². The molecule has 0 radical (unpaired) electrons. The summed E-state index contributed by atoms with van der Waals surface area (Å²) in [5.74, 6) is -0.122. The molecular weight excluding hydrogens is 326 g/mol. The number of carbonyl (C=O) groups is 1. The van der Waals surface area contributed by atoms with Crippen molar-refractivity contribution in [3.8, 4) is 11.1 Å². The smallest absolute Gasteiger partial charge is 0.254 e. The summed E-state index contributed by atoms with van der Waals surface area (Å²) in [5, 5.41) is 7.79. The van der Waals surface area contributed by atoms with Crippen LogP contribution in [0.2, 0.25) is 0 Å². The zero-order valence-electron chi connectivity index (χ0n) is 12.5. The van der Waals surface area contributed by atoms with Crippen molar-refractivity contribution in [3.63, 3.8) is 0 Å². The van der Waals surface area contributed by atoms with Crippen molar-refractivity contribution < 1.29 is 4.79 Å². The highest BCUT2D eigenvalue weighted by Crippen LogP contribution is 2.22. The minimum absolute atomic E-state index is 0.122. The molecule has 1 N–H and O–H groups in total. The van der Waals surface area contributed by atoms with Gasteiger partial charge in [-0.15, -0.1) is 11.8 Å². The zero-order chi connectivity index (χ0) is 16.1. The molecular formula is C17H15N3OS2. The van der Waals surface area contributed by atoms with Crippen LogP contribution in [-0.2, 0) is 6.54 Å². The van der Waals surface area contributed by atoms with E-state index in [1.54, 1.807) is 35.9 Å². The first kappa shape index (κ1) is 15.7. The largest absolute Gasteiger partial charge is 0.348 e. The summed E-state index contributed by atoms with van der Waals surface area (Å²) in [6.45, 7) is 0.437. The van der Waals surface area contributed by atoms with E-state index in [1.807, 2.05) is 23.9 Å². The van der Waals surface area contributed by atoms with Gasteiger partial charge in [0.05, 0.1) is 5.56 Å². The van der Waals surface area contributed by atoms with Crippen molar-refractivity contribution >= 4 is 29.0 Å². The van der Waals surface area contributed by atoms with Gasteiger partial charge in [-0.05, 0) is 52.4 Å². The molecule has 0 fully saturated rings. The van der Waals surface area contributed by atoms with Crippen molar-refractivity contribution in [1.82, 2.24) is 15.3 Å². The Morgan fingerprint density at radius 3 is 3.00 bits per heavy atom. The van der Waals surface area contributed by atoms with Crippen LogP contribution in [0.3, 0.4) is 0 Å². The van der Waals surface area contributed by atoms with Crippen molar-refractivity contribution in [3.05, 3.63) is 64.7 Å². The van der Waals surface area contributed by atoms with E-state index < -0.39 is 0 Å². The third-order valence-corrected chi connectivity index (χ3v) is 4.71. The number of thioether (sulfide) groups is 1. The molecule has 0 atom stereocenters. The van der Waals surface area contributed by atoms with Crippen LogP contribution in [0.15, 0.2) is 58.6 Å². The molecule has 0 aliphatic carbocycles. The SMILES string of the molecule is CSc1ncccc1C(=O)NCc1cncc(-c2ccsc2)c1. The average Bonchev–Trinajstić information content (AvgIpc) is 3.14. The normalized spacial score (nSPS) is 10.5. The molecule has 23 heavy (non-hydrogen) atoms. The maximum atomic E-state index is 12.3. The van der Waals surface area contributed by atoms with E-state index in [2.05, 4.69) is 26.7 Å². The van der Waals surface area contributed by atoms with Gasteiger partial charge in [-0.2, -0.15) is 11.3 Å². The van der Waals surface area contributed by atoms with E-state index in [9.17, 15) is 4.79 Å². The van der Waals surface area contributed by atoms with E-state index in [0.717, 1.165) is 21.7 Å². The second-order valence-electron chi connectivity index (χ2n) is 4.84. The van der Waals surface area contributed by atoms with Gasteiger partial charge in [-0.3, -0.25) is 9.78 Å². The Hall–Kier alpha value is -2.18. The Balaban J connectivity index is 1.71. The van der Waals surface area contributed by atoms with Crippen LogP contribution in [0.25, 0.3) is 11.1 Å². The topological polar surface area (TPSA) is 54.9 Å². The van der Waals surface area contributed by atoms with Crippen molar-refractivity contribution in [1.29, 1.82) is 0 Å². The molecule has 0 aliphatic rings. The number of thiophene rings is 1. The Kier molecular flexibility index (Phi) is 5.05. The van der Waals surface area contributed by atoms with Crippen LogP contribution in [0.5, 0.6) is 0 Å². The standard InChI is InChI=1S/C17H15N3OS2/c1-22-17-15(3-2-5-19-17)16(21)20-9-12-7-14(10-18-8-12)13-4-6-23-11-13/h2-8,10-11H,9H2,1H3,(H,20,21). The Morgan fingerprint density at radius 1 is 1.30 bits per heavy atom. The molecule has 0 unspecified atom stereocenters. The summed E-state index contributed by atoms with van der Waals surface area (Å²) >= 11 is 3.12. The van der Waals surface area contributed by atoms with Gasteiger partial charge < -0.3 is 5.32 Å². The van der Waals surface area contributed by atoms with E-state index in [0.29, 0.717) is 12.1 Å². The lowest BCUT2D eigenvalue weighted by atomic mass is 10.1. The number of nitrogens with zero attached hydrogens (tertiary/aromatic N) is 2. The lowest BCUT2D eigenvalue weighted by Gasteiger charge is -2.08. The first-order valence-electron chi connectivity index (χ1n) is 7.01. The van der Waals surface area contributed by atoms with Gasteiger partial charge in [0.2, 0.25) is 0 Å². The van der Waals surface area contributed by atoms with Gasteiger partial charge in [-0.1, -0.05) is 0 Å². The lowest BCUT2D eigenvalue weighted by Crippen LogP contribution is -2.23. The van der Waals surface area contributed by atoms with Gasteiger partial charge in [0.1, 0.15) is 5.03 Å². The number of amides is 1. The molecule has 1 amide bonds. The van der Waals surface area contributed by atoms with Gasteiger partial charge in [0.25, 0.3) is 5.91 Å². The molecule has 0 saturated carbocycles. The van der Waals surface area contributed by atoms with Gasteiger partial charge >= 0.3 is 0 Å². The molecule has 0 aromatic carbocycles. The molecule has 3 rings (SSSR count). The van der Waals surface area contributed by atoms with Crippen LogP contribution in [0.1, 0.15) is 15.9 Å². The predicted molar refractivity (Wildman–Crippen MR) is 94.7 cm³/mol. The number of rotatable bonds is 5. The molecule has 4 nitrogen and oxygen atoms in total. The molecule has 0 bridgehead atoms. The average molecular weight is 341 g/mol. The predicted octanol–water partition coefficient (Wildman–Crippen LogP) is 3.86. The van der Waals surface area contributed by atoms with Crippen LogP contribution in [-0.4, -0.2) is 22.1 Å². The number of aromatic nitrogens is 2. The van der Waals surface area contributed by atoms with Crippen LogP contribution < -0.4 is 5.32 Å². The number of carbonyl (C=O) groups excluding carboxylic acids is 1. The van der Waals surface area contributed by atoms with Gasteiger partial charge in [0.15, 0.2) is 0 Å². The molecule has 0 spiro atoms. The maximum absolute atomic E-state index is 12.3. The van der Waals surface area contributed by atoms with Crippen molar-refractivity contribution in [2.24, 2.45) is 0 Å². The number of pyridine rings is 2. The Labute approximate surface area is 143 Å². The highest BCUT2D eigenvalue weighted by Gasteiger charge is 2.11. The quantitative estimate of drug-likeness (QED) is 0.716. The maximum Gasteiger partial charge on any atom is 0.254 e. The summed E-state index contributed by atoms with van der Waals surface area (Å²) in [6, 6.07) is 7.67. The van der Waals surface area contributed by atoms with Crippen LogP contribution in [0, 0.1) is 0 Å². The highest BCUT2D eigenvalue weighted by atomic mass is 32.2. The third-order valence-electron chi connectivity index (χ3n) is 3.31. The fraction of sp³-hybridized carbons (Fsp3) is 0.118. The van der Waals surface area contributed by atoms with Crippen molar-refractivity contribution in [2.75, 3.05) is 6.26 Å². The van der Waals surface area contributed by atoms with E-state index in [1.165, 1.54) is 11.8 Å². The summed E-state index contributed by atoms with van der Waals surface area (Å²) in [6.07, 6.45) is 7.21. The van der Waals surface area contributed by atoms with Crippen LogP contribution in [0.4, 0.5) is 0 Å². The summed E-state index contributed by atoms with van der Waals surface area (Å²) < 4.78 is 0. The zero-order valence-corrected chi connectivity index (χ0v) is 14.2. The molecule has 116 valence electrons. The highest BCUT2D eigenvalue weighted by molar-refractivity contribution is 7.98. The third kappa shape index (κ3) is 3.78. The minimum atomic E-state index is -0.122. The number of hydrogen-bond acceptors (Lipinski definition) is 5. The Morgan fingerprint density at radius 2 is 2.22 bits per heavy atom. The monoisotopic (exact) mass is 341 g/mol. The Bertz CT molecular complexity index is 803. The van der Waals surface area contributed by atoms with Gasteiger partial charge in [-0.25, -0.2) is 4.98 Å². The molecule has 3 aromatic rings.